The number of aryl methyl sites for hydroxylation is 2. The zero-order chi connectivity index (χ0) is 20.4. The summed E-state index contributed by atoms with van der Waals surface area (Å²) in [5, 5.41) is 0. The molecule has 1 saturated carbocycles. The number of carbonyl (C=O) groups is 1. The maximum Gasteiger partial charge on any atom is 0.255 e. The third-order valence-electron chi connectivity index (χ3n) is 5.64. The maximum absolute atomic E-state index is 13.4. The van der Waals surface area contributed by atoms with E-state index in [0.717, 1.165) is 65.7 Å². The number of fused-ring (bicyclic) bond motifs is 1. The molecular weight excluding hydrogens is 380 g/mol. The molecule has 1 fully saturated rings. The molecular formula is C23H30N4OS. The number of amides is 1. The van der Waals surface area contributed by atoms with Gasteiger partial charge in [0.1, 0.15) is 11.3 Å². The van der Waals surface area contributed by atoms with Crippen LogP contribution in [0.15, 0.2) is 24.4 Å². The van der Waals surface area contributed by atoms with Gasteiger partial charge in [0, 0.05) is 29.0 Å². The van der Waals surface area contributed by atoms with E-state index in [9.17, 15) is 4.79 Å². The van der Waals surface area contributed by atoms with Crippen LogP contribution < -0.4 is 0 Å². The normalized spacial score (nSPS) is 13.9. The Kier molecular flexibility index (Phi) is 5.99. The SMILES string of the molecule is CCCCCN(Cc1nc2cccnc2n1CC1CC1)C(=O)c1cc(C)sc1C. The van der Waals surface area contributed by atoms with E-state index < -0.39 is 0 Å². The van der Waals surface area contributed by atoms with E-state index in [-0.39, 0.29) is 5.91 Å². The van der Waals surface area contributed by atoms with Crippen LogP contribution >= 0.6 is 11.3 Å². The van der Waals surface area contributed by atoms with Crippen molar-refractivity contribution in [2.75, 3.05) is 6.54 Å². The lowest BCUT2D eigenvalue weighted by Gasteiger charge is -2.23. The minimum atomic E-state index is 0.126. The summed E-state index contributed by atoms with van der Waals surface area (Å²) >= 11 is 1.69. The van der Waals surface area contributed by atoms with Crippen molar-refractivity contribution in [3.8, 4) is 0 Å². The molecule has 154 valence electrons. The molecule has 3 heterocycles. The average Bonchev–Trinajstić information content (AvgIpc) is 3.37. The van der Waals surface area contributed by atoms with Crippen LogP contribution in [0.1, 0.15) is 65.0 Å². The Labute approximate surface area is 176 Å². The van der Waals surface area contributed by atoms with Crippen LogP contribution in [0.3, 0.4) is 0 Å². The van der Waals surface area contributed by atoms with Gasteiger partial charge < -0.3 is 9.47 Å². The molecule has 1 aliphatic rings. The van der Waals surface area contributed by atoms with Crippen molar-refractivity contribution in [2.24, 2.45) is 5.92 Å². The summed E-state index contributed by atoms with van der Waals surface area (Å²) in [6, 6.07) is 5.98. The fraction of sp³-hybridized carbons (Fsp3) is 0.522. The summed E-state index contributed by atoms with van der Waals surface area (Å²) in [6.07, 6.45) is 7.68. The van der Waals surface area contributed by atoms with Gasteiger partial charge in [-0.2, -0.15) is 0 Å². The zero-order valence-corrected chi connectivity index (χ0v) is 18.5. The molecule has 6 heteroatoms. The molecule has 1 amide bonds. The van der Waals surface area contributed by atoms with Gasteiger partial charge in [-0.15, -0.1) is 11.3 Å². The molecule has 0 spiro atoms. The lowest BCUT2D eigenvalue weighted by Crippen LogP contribution is -2.33. The van der Waals surface area contributed by atoms with Gasteiger partial charge in [-0.1, -0.05) is 19.8 Å². The number of aromatic nitrogens is 3. The third kappa shape index (κ3) is 4.53. The van der Waals surface area contributed by atoms with Crippen molar-refractivity contribution >= 4 is 28.4 Å². The van der Waals surface area contributed by atoms with Crippen LogP contribution in [-0.2, 0) is 13.1 Å². The number of carbonyl (C=O) groups excluding carboxylic acids is 1. The quantitative estimate of drug-likeness (QED) is 0.447. The van der Waals surface area contributed by atoms with E-state index in [2.05, 4.69) is 23.4 Å². The van der Waals surface area contributed by atoms with Gasteiger partial charge in [0.05, 0.1) is 12.1 Å². The molecule has 5 nitrogen and oxygen atoms in total. The number of thiophene rings is 1. The highest BCUT2D eigenvalue weighted by Crippen LogP contribution is 2.32. The molecule has 0 bridgehead atoms. The van der Waals surface area contributed by atoms with Crippen molar-refractivity contribution < 1.29 is 4.79 Å². The van der Waals surface area contributed by atoms with E-state index in [1.54, 1.807) is 11.3 Å². The summed E-state index contributed by atoms with van der Waals surface area (Å²) in [6.45, 7) is 8.56. The molecule has 1 aliphatic carbocycles. The number of hydrogen-bond donors (Lipinski definition) is 0. The second-order valence-electron chi connectivity index (χ2n) is 8.19. The number of imidazole rings is 1. The number of nitrogens with zero attached hydrogens (tertiary/aromatic N) is 4. The minimum Gasteiger partial charge on any atom is -0.331 e. The molecule has 3 aromatic rings. The van der Waals surface area contributed by atoms with Gasteiger partial charge in [-0.05, 0) is 57.2 Å². The standard InChI is InChI=1S/C23H30N4OS/c1-4-5-6-12-26(23(28)19-13-16(2)29-17(19)3)15-21-25-20-8-7-11-24-22(20)27(21)14-18-9-10-18/h7-8,11,13,18H,4-6,9-10,12,14-15H2,1-3H3. The Bertz CT molecular complexity index is 1000. The number of unbranched alkanes of at least 4 members (excludes halogenated alkanes) is 2. The van der Waals surface area contributed by atoms with E-state index in [4.69, 9.17) is 4.98 Å². The van der Waals surface area contributed by atoms with Crippen molar-refractivity contribution in [3.05, 3.63) is 45.5 Å². The highest BCUT2D eigenvalue weighted by atomic mass is 32.1. The van der Waals surface area contributed by atoms with Crippen molar-refractivity contribution in [1.29, 1.82) is 0 Å². The molecule has 0 unspecified atom stereocenters. The first-order valence-corrected chi connectivity index (χ1v) is 11.5. The molecule has 4 rings (SSSR count). The van der Waals surface area contributed by atoms with Gasteiger partial charge in [-0.25, -0.2) is 9.97 Å². The van der Waals surface area contributed by atoms with Crippen molar-refractivity contribution in [1.82, 2.24) is 19.4 Å². The van der Waals surface area contributed by atoms with Crippen LogP contribution in [0.25, 0.3) is 11.2 Å². The number of hydrogen-bond acceptors (Lipinski definition) is 4. The smallest absolute Gasteiger partial charge is 0.255 e. The molecule has 0 radical (unpaired) electrons. The monoisotopic (exact) mass is 410 g/mol. The van der Waals surface area contributed by atoms with Crippen LogP contribution in [0.4, 0.5) is 0 Å². The van der Waals surface area contributed by atoms with Gasteiger partial charge in [0.15, 0.2) is 5.65 Å². The van der Waals surface area contributed by atoms with Crippen LogP contribution in [-0.4, -0.2) is 31.9 Å². The third-order valence-corrected chi connectivity index (χ3v) is 6.61. The molecule has 0 aliphatic heterocycles. The van der Waals surface area contributed by atoms with Crippen LogP contribution in [0.2, 0.25) is 0 Å². The Morgan fingerprint density at radius 1 is 1.31 bits per heavy atom. The topological polar surface area (TPSA) is 51.0 Å². The molecule has 0 saturated heterocycles. The van der Waals surface area contributed by atoms with Gasteiger partial charge in [-0.3, -0.25) is 4.79 Å². The second kappa shape index (κ2) is 8.66. The largest absolute Gasteiger partial charge is 0.331 e. The Balaban J connectivity index is 1.64. The van der Waals surface area contributed by atoms with Gasteiger partial charge in [0.2, 0.25) is 0 Å². The molecule has 0 N–H and O–H groups in total. The Hall–Kier alpha value is -2.21. The molecule has 0 aromatic carbocycles. The predicted octanol–water partition coefficient (Wildman–Crippen LogP) is 5.35. The molecule has 29 heavy (non-hydrogen) atoms. The molecule has 0 atom stereocenters. The molecule has 3 aromatic heterocycles. The fourth-order valence-corrected chi connectivity index (χ4v) is 4.78. The van der Waals surface area contributed by atoms with Gasteiger partial charge >= 0.3 is 0 Å². The van der Waals surface area contributed by atoms with Crippen LogP contribution in [0, 0.1) is 19.8 Å². The Morgan fingerprint density at radius 2 is 2.14 bits per heavy atom. The summed E-state index contributed by atoms with van der Waals surface area (Å²) in [4.78, 5) is 27.2. The number of pyridine rings is 1. The van der Waals surface area contributed by atoms with E-state index >= 15 is 0 Å². The van der Waals surface area contributed by atoms with E-state index in [1.807, 2.05) is 36.2 Å². The first kappa shape index (κ1) is 20.1. The van der Waals surface area contributed by atoms with E-state index in [0.29, 0.717) is 6.54 Å². The predicted molar refractivity (Wildman–Crippen MR) is 118 cm³/mol. The summed E-state index contributed by atoms with van der Waals surface area (Å²) in [7, 11) is 0. The van der Waals surface area contributed by atoms with Gasteiger partial charge in [0.25, 0.3) is 5.91 Å². The summed E-state index contributed by atoms with van der Waals surface area (Å²) in [5.41, 5.74) is 2.71. The lowest BCUT2D eigenvalue weighted by molar-refractivity contribution is 0.0733. The van der Waals surface area contributed by atoms with E-state index in [1.165, 1.54) is 17.7 Å². The first-order valence-electron chi connectivity index (χ1n) is 10.7. The average molecular weight is 411 g/mol. The summed E-state index contributed by atoms with van der Waals surface area (Å²) < 4.78 is 2.25. The van der Waals surface area contributed by atoms with Crippen molar-refractivity contribution in [2.45, 2.75) is 66.0 Å². The number of rotatable bonds is 9. The highest BCUT2D eigenvalue weighted by Gasteiger charge is 2.27. The van der Waals surface area contributed by atoms with Crippen LogP contribution in [0.5, 0.6) is 0 Å². The van der Waals surface area contributed by atoms with Crippen molar-refractivity contribution in [3.63, 3.8) is 0 Å². The summed E-state index contributed by atoms with van der Waals surface area (Å²) in [5.74, 6) is 1.81. The Morgan fingerprint density at radius 3 is 2.83 bits per heavy atom. The highest BCUT2D eigenvalue weighted by molar-refractivity contribution is 7.12. The zero-order valence-electron chi connectivity index (χ0n) is 17.6. The first-order chi connectivity index (χ1) is 14.1. The fourth-order valence-electron chi connectivity index (χ4n) is 3.87. The lowest BCUT2D eigenvalue weighted by atomic mass is 10.2. The second-order valence-corrected chi connectivity index (χ2v) is 9.65. The maximum atomic E-state index is 13.4. The minimum absolute atomic E-state index is 0.126.